The number of anilines is 3. The molecule has 0 unspecified atom stereocenters. The van der Waals surface area contributed by atoms with Gasteiger partial charge < -0.3 is 9.32 Å². The van der Waals surface area contributed by atoms with Crippen molar-refractivity contribution in [3.8, 4) is 55.1 Å². The quantitative estimate of drug-likeness (QED) is 0.153. The zero-order valence-corrected chi connectivity index (χ0v) is 35.0. The van der Waals surface area contributed by atoms with Crippen molar-refractivity contribution in [3.63, 3.8) is 0 Å². The molecule has 0 spiro atoms. The number of nitrogens with zero attached hydrogens (tertiary/aromatic N) is 2. The van der Waals surface area contributed by atoms with Gasteiger partial charge in [0.05, 0.1) is 15.9 Å². The second-order valence-electron chi connectivity index (χ2n) is 15.9. The fourth-order valence-corrected chi connectivity index (χ4v) is 10.1. The van der Waals surface area contributed by atoms with Crippen molar-refractivity contribution in [2.75, 3.05) is 4.90 Å². The molecule has 296 valence electrons. The maximum atomic E-state index is 6.55. The van der Waals surface area contributed by atoms with Crippen molar-refractivity contribution in [1.82, 2.24) is 4.98 Å². The number of furan rings is 1. The Bertz CT molecular complexity index is 3590. The molecule has 2 heterocycles. The molecule has 4 heteroatoms. The van der Waals surface area contributed by atoms with E-state index >= 15 is 0 Å². The Balaban J connectivity index is 0.971. The van der Waals surface area contributed by atoms with Gasteiger partial charge in [0.2, 0.25) is 0 Å². The van der Waals surface area contributed by atoms with E-state index in [9.17, 15) is 0 Å². The lowest BCUT2D eigenvalue weighted by atomic mass is 9.96. The maximum Gasteiger partial charge on any atom is 0.137 e. The Hall–Kier alpha value is -8.05. The first-order valence-electron chi connectivity index (χ1n) is 21.3. The molecule has 0 aliphatic heterocycles. The molecule has 0 N–H and O–H groups in total. The third-order valence-electron chi connectivity index (χ3n) is 12.1. The predicted octanol–water partition coefficient (Wildman–Crippen LogP) is 17.2. The summed E-state index contributed by atoms with van der Waals surface area (Å²) in [6.45, 7) is 0. The van der Waals surface area contributed by atoms with Crippen molar-refractivity contribution in [2.24, 2.45) is 0 Å². The van der Waals surface area contributed by atoms with Crippen LogP contribution >= 0.6 is 11.3 Å². The number of thiazole rings is 1. The standard InChI is InChI=1S/C59H38N2OS/c1-4-13-39(14-5-1)45-27-33-51(42-15-6-2-7-16-42)54(37-45)61(48-31-25-43(26-32-48)50-22-12-20-41-17-10-11-21-49(41)50)47-29-23-40(24-30-47)46-28-34-52-56(38-46)62-55-36-35-53-58(57(52)55)63-59(60-53)44-18-8-3-9-19-44/h1-38H. The molecule has 0 bridgehead atoms. The van der Waals surface area contributed by atoms with Crippen LogP contribution < -0.4 is 4.90 Å². The fourth-order valence-electron chi connectivity index (χ4n) is 9.02. The van der Waals surface area contributed by atoms with Gasteiger partial charge in [0.1, 0.15) is 16.2 Å². The van der Waals surface area contributed by atoms with E-state index in [4.69, 9.17) is 9.40 Å². The van der Waals surface area contributed by atoms with Crippen LogP contribution in [0.5, 0.6) is 0 Å². The van der Waals surface area contributed by atoms with Gasteiger partial charge in [0.25, 0.3) is 0 Å². The predicted molar refractivity (Wildman–Crippen MR) is 266 cm³/mol. The second-order valence-corrected chi connectivity index (χ2v) is 16.9. The van der Waals surface area contributed by atoms with E-state index in [1.54, 1.807) is 11.3 Å². The van der Waals surface area contributed by atoms with Gasteiger partial charge in [-0.1, -0.05) is 176 Å². The molecule has 2 aromatic heterocycles. The summed E-state index contributed by atoms with van der Waals surface area (Å²) in [5.41, 5.74) is 16.4. The molecular formula is C59H38N2OS. The minimum absolute atomic E-state index is 0.867. The Morgan fingerprint density at radius 1 is 0.381 bits per heavy atom. The van der Waals surface area contributed by atoms with Crippen LogP contribution in [0, 0.1) is 0 Å². The molecule has 63 heavy (non-hydrogen) atoms. The van der Waals surface area contributed by atoms with Crippen LogP contribution in [0.4, 0.5) is 17.1 Å². The van der Waals surface area contributed by atoms with Gasteiger partial charge in [0.15, 0.2) is 0 Å². The van der Waals surface area contributed by atoms with Gasteiger partial charge in [-0.3, -0.25) is 0 Å². The average Bonchev–Trinajstić information content (AvgIpc) is 3.97. The Labute approximate surface area is 369 Å². The normalized spacial score (nSPS) is 11.5. The molecule has 12 rings (SSSR count). The molecule has 0 atom stereocenters. The van der Waals surface area contributed by atoms with Gasteiger partial charge in [-0.2, -0.15) is 0 Å². The lowest BCUT2D eigenvalue weighted by Crippen LogP contribution is -2.11. The zero-order chi connectivity index (χ0) is 41.7. The van der Waals surface area contributed by atoms with Gasteiger partial charge in [-0.15, -0.1) is 11.3 Å². The third kappa shape index (κ3) is 6.65. The summed E-state index contributed by atoms with van der Waals surface area (Å²) < 4.78 is 7.71. The van der Waals surface area contributed by atoms with Crippen LogP contribution in [0.3, 0.4) is 0 Å². The molecule has 0 fully saturated rings. The minimum atomic E-state index is 0.867. The number of hydrogen-bond donors (Lipinski definition) is 0. The summed E-state index contributed by atoms with van der Waals surface area (Å²) in [4.78, 5) is 7.40. The zero-order valence-electron chi connectivity index (χ0n) is 34.2. The van der Waals surface area contributed by atoms with E-state index in [0.29, 0.717) is 0 Å². The summed E-state index contributed by atoms with van der Waals surface area (Å²) in [7, 11) is 0. The highest BCUT2D eigenvalue weighted by atomic mass is 32.1. The van der Waals surface area contributed by atoms with E-state index in [1.807, 2.05) is 6.07 Å². The van der Waals surface area contributed by atoms with Crippen LogP contribution in [0.1, 0.15) is 0 Å². The van der Waals surface area contributed by atoms with Gasteiger partial charge >= 0.3 is 0 Å². The molecular weight excluding hydrogens is 785 g/mol. The van der Waals surface area contributed by atoms with Crippen LogP contribution in [-0.4, -0.2) is 4.98 Å². The molecule has 0 radical (unpaired) electrons. The topological polar surface area (TPSA) is 29.3 Å². The first kappa shape index (κ1) is 36.8. The first-order chi connectivity index (χ1) is 31.2. The van der Waals surface area contributed by atoms with Gasteiger partial charge in [-0.05, 0) is 104 Å². The number of hydrogen-bond acceptors (Lipinski definition) is 4. The summed E-state index contributed by atoms with van der Waals surface area (Å²) in [6.07, 6.45) is 0. The highest BCUT2D eigenvalue weighted by Crippen LogP contribution is 2.45. The van der Waals surface area contributed by atoms with Gasteiger partial charge in [0, 0.05) is 33.3 Å². The highest BCUT2D eigenvalue weighted by molar-refractivity contribution is 7.22. The Kier molecular flexibility index (Phi) is 9.02. The molecule has 10 aromatic carbocycles. The number of aromatic nitrogens is 1. The van der Waals surface area contributed by atoms with Crippen LogP contribution in [0.2, 0.25) is 0 Å². The Morgan fingerprint density at radius 3 is 1.70 bits per heavy atom. The highest BCUT2D eigenvalue weighted by Gasteiger charge is 2.20. The molecule has 0 aliphatic carbocycles. The second kappa shape index (κ2) is 15.4. The van der Waals surface area contributed by atoms with Gasteiger partial charge in [-0.25, -0.2) is 4.98 Å². The van der Waals surface area contributed by atoms with E-state index < -0.39 is 0 Å². The molecule has 0 saturated carbocycles. The Morgan fingerprint density at radius 2 is 0.952 bits per heavy atom. The van der Waals surface area contributed by atoms with E-state index in [0.717, 1.165) is 87.6 Å². The number of fused-ring (bicyclic) bond motifs is 6. The molecule has 3 nitrogen and oxygen atoms in total. The van der Waals surface area contributed by atoms with Crippen molar-refractivity contribution in [1.29, 1.82) is 0 Å². The van der Waals surface area contributed by atoms with Crippen molar-refractivity contribution < 1.29 is 4.42 Å². The lowest BCUT2D eigenvalue weighted by molar-refractivity contribution is 0.669. The third-order valence-corrected chi connectivity index (χ3v) is 13.3. The molecule has 0 aliphatic rings. The monoisotopic (exact) mass is 822 g/mol. The van der Waals surface area contributed by atoms with Crippen LogP contribution in [0.15, 0.2) is 235 Å². The largest absolute Gasteiger partial charge is 0.456 e. The SMILES string of the molecule is c1ccc(-c2ccc(-c3ccccc3)c(N(c3ccc(-c4ccc5c(c4)oc4ccc6nc(-c7ccccc7)sc6c45)cc3)c3ccc(-c4cccc5ccccc45)cc3)c2)cc1. The van der Waals surface area contributed by atoms with Crippen molar-refractivity contribution in [3.05, 3.63) is 231 Å². The summed E-state index contributed by atoms with van der Waals surface area (Å²) in [5, 5.41) is 5.72. The maximum absolute atomic E-state index is 6.55. The first-order valence-corrected chi connectivity index (χ1v) is 22.1. The lowest BCUT2D eigenvalue weighted by Gasteiger charge is -2.29. The number of rotatable bonds is 8. The van der Waals surface area contributed by atoms with Crippen LogP contribution in [0.25, 0.3) is 98.0 Å². The minimum Gasteiger partial charge on any atom is -0.456 e. The van der Waals surface area contributed by atoms with E-state index in [-0.39, 0.29) is 0 Å². The molecule has 0 amide bonds. The molecule has 12 aromatic rings. The van der Waals surface area contributed by atoms with Crippen molar-refractivity contribution >= 4 is 71.3 Å². The smallest absolute Gasteiger partial charge is 0.137 e. The van der Waals surface area contributed by atoms with Crippen LogP contribution in [-0.2, 0) is 0 Å². The summed E-state index contributed by atoms with van der Waals surface area (Å²) in [6, 6.07) is 82.4. The summed E-state index contributed by atoms with van der Waals surface area (Å²) >= 11 is 1.72. The summed E-state index contributed by atoms with van der Waals surface area (Å²) in [5.74, 6) is 0. The van der Waals surface area contributed by atoms with Crippen molar-refractivity contribution in [2.45, 2.75) is 0 Å². The average molecular weight is 823 g/mol. The number of benzene rings is 10. The molecule has 0 saturated heterocycles. The van der Waals surface area contributed by atoms with E-state index in [1.165, 1.54) is 27.5 Å². The van der Waals surface area contributed by atoms with E-state index in [2.05, 4.69) is 229 Å². The fraction of sp³-hybridized carbons (Fsp3) is 0.